The molecule has 2 heterocycles. The maximum Gasteiger partial charge on any atom is 0.179 e. The summed E-state index contributed by atoms with van der Waals surface area (Å²) in [4.78, 5) is 20.6. The monoisotopic (exact) mass is 315 g/mol. The molecule has 1 aromatic carbocycles. The summed E-state index contributed by atoms with van der Waals surface area (Å²) in [5.74, 6) is 0.188. The number of carbonyl (C=O) groups excluding carboxylic acids is 1. The number of β-amino-alcohol motifs (C(OH)–C–C–N with tert-alkyl or cyclic N) is 1. The number of benzene rings is 1. The number of ketones is 1. The molecule has 0 saturated carbocycles. The minimum Gasteiger partial charge on any atom is -0.395 e. The maximum absolute atomic E-state index is 12.8. The van der Waals surface area contributed by atoms with E-state index in [4.69, 9.17) is 5.11 Å². The molecule has 5 heteroatoms. The van der Waals surface area contributed by atoms with E-state index >= 15 is 0 Å². The van der Waals surface area contributed by atoms with Gasteiger partial charge in [-0.05, 0) is 25.5 Å². The lowest BCUT2D eigenvalue weighted by molar-refractivity contribution is 0.0823. The fourth-order valence-corrected chi connectivity index (χ4v) is 3.40. The van der Waals surface area contributed by atoms with E-state index in [9.17, 15) is 4.79 Å². The first kappa shape index (κ1) is 16.2. The van der Waals surface area contributed by atoms with Crippen molar-refractivity contribution in [2.75, 3.05) is 45.9 Å². The van der Waals surface area contributed by atoms with Crippen LogP contribution >= 0.6 is 0 Å². The number of aromatic nitrogens is 1. The van der Waals surface area contributed by atoms with Crippen LogP contribution in [0.3, 0.4) is 0 Å². The second-order valence-electron chi connectivity index (χ2n) is 6.44. The Morgan fingerprint density at radius 1 is 1.17 bits per heavy atom. The first-order chi connectivity index (χ1) is 11.1. The van der Waals surface area contributed by atoms with Crippen LogP contribution in [0.15, 0.2) is 18.2 Å². The third-order valence-corrected chi connectivity index (χ3v) is 4.67. The number of rotatable bonds is 5. The molecule has 124 valence electrons. The highest BCUT2D eigenvalue weighted by Gasteiger charge is 2.22. The van der Waals surface area contributed by atoms with E-state index in [1.54, 1.807) is 0 Å². The molecule has 0 bridgehead atoms. The Morgan fingerprint density at radius 3 is 2.57 bits per heavy atom. The Morgan fingerprint density at radius 2 is 1.87 bits per heavy atom. The van der Waals surface area contributed by atoms with Crippen LogP contribution in [0.5, 0.6) is 0 Å². The molecule has 1 saturated heterocycles. The van der Waals surface area contributed by atoms with Crippen molar-refractivity contribution < 1.29 is 9.90 Å². The quantitative estimate of drug-likeness (QED) is 0.823. The average Bonchev–Trinajstić information content (AvgIpc) is 2.84. The molecule has 1 aliphatic rings. The molecule has 0 amide bonds. The first-order valence-electron chi connectivity index (χ1n) is 8.26. The number of piperazine rings is 1. The number of H-pyrrole nitrogens is 1. The predicted octanol–water partition coefficient (Wildman–Crippen LogP) is 1.58. The van der Waals surface area contributed by atoms with Crippen LogP contribution in [0, 0.1) is 13.8 Å². The lowest BCUT2D eigenvalue weighted by Gasteiger charge is -2.33. The normalized spacial score (nSPS) is 17.0. The molecular formula is C18H25N3O2. The number of aromatic amines is 1. The highest BCUT2D eigenvalue weighted by molar-refractivity contribution is 6.10. The van der Waals surface area contributed by atoms with Gasteiger partial charge in [-0.25, -0.2) is 0 Å². The van der Waals surface area contributed by atoms with E-state index in [0.717, 1.165) is 54.9 Å². The van der Waals surface area contributed by atoms with Gasteiger partial charge in [-0.3, -0.25) is 14.6 Å². The minimum absolute atomic E-state index is 0.188. The summed E-state index contributed by atoms with van der Waals surface area (Å²) < 4.78 is 0. The number of aliphatic hydroxyl groups excluding tert-OH is 1. The Labute approximate surface area is 136 Å². The zero-order valence-electron chi connectivity index (χ0n) is 13.9. The number of nitrogens with zero attached hydrogens (tertiary/aromatic N) is 2. The largest absolute Gasteiger partial charge is 0.395 e. The van der Waals surface area contributed by atoms with Gasteiger partial charge in [0.15, 0.2) is 5.78 Å². The summed E-state index contributed by atoms with van der Waals surface area (Å²) in [6.45, 7) is 9.02. The van der Waals surface area contributed by atoms with Crippen LogP contribution in [0.4, 0.5) is 0 Å². The standard InChI is InChI=1S/C18H25N3O2/c1-13-3-4-15-16(11-13)19-14(2)18(15)17(23)12-21-7-5-20(6-8-21)9-10-22/h3-4,11,19,22H,5-10,12H2,1-2H3. The molecule has 5 nitrogen and oxygen atoms in total. The summed E-state index contributed by atoms with van der Waals surface area (Å²) >= 11 is 0. The highest BCUT2D eigenvalue weighted by Crippen LogP contribution is 2.24. The SMILES string of the molecule is Cc1ccc2c(C(=O)CN3CCN(CCO)CC3)c(C)[nH]c2c1. The fraction of sp³-hybridized carbons (Fsp3) is 0.500. The molecule has 0 spiro atoms. The second kappa shape index (κ2) is 6.83. The summed E-state index contributed by atoms with van der Waals surface area (Å²) in [5.41, 5.74) is 4.02. The maximum atomic E-state index is 12.8. The lowest BCUT2D eigenvalue weighted by Crippen LogP contribution is -2.48. The number of Topliss-reactive ketones (excluding diaryl/α,β-unsaturated/α-hetero) is 1. The number of aliphatic hydroxyl groups is 1. The molecule has 2 N–H and O–H groups in total. The van der Waals surface area contributed by atoms with Crippen molar-refractivity contribution in [3.05, 3.63) is 35.0 Å². The predicted molar refractivity (Wildman–Crippen MR) is 92.1 cm³/mol. The van der Waals surface area contributed by atoms with Crippen LogP contribution in [-0.4, -0.2) is 71.5 Å². The average molecular weight is 315 g/mol. The van der Waals surface area contributed by atoms with Gasteiger partial charge in [-0.15, -0.1) is 0 Å². The number of nitrogens with one attached hydrogen (secondary N) is 1. The molecule has 1 aliphatic heterocycles. The molecule has 0 radical (unpaired) electrons. The molecule has 0 atom stereocenters. The fourth-order valence-electron chi connectivity index (χ4n) is 3.40. The van der Waals surface area contributed by atoms with E-state index in [1.165, 1.54) is 5.56 Å². The Kier molecular flexibility index (Phi) is 4.80. The van der Waals surface area contributed by atoms with Crippen molar-refractivity contribution in [2.45, 2.75) is 13.8 Å². The van der Waals surface area contributed by atoms with Gasteiger partial charge in [0, 0.05) is 54.9 Å². The van der Waals surface area contributed by atoms with Gasteiger partial charge in [0.1, 0.15) is 0 Å². The molecule has 1 fully saturated rings. The van der Waals surface area contributed by atoms with Crippen molar-refractivity contribution in [1.29, 1.82) is 0 Å². The van der Waals surface area contributed by atoms with Gasteiger partial charge in [0.25, 0.3) is 0 Å². The number of hydrogen-bond acceptors (Lipinski definition) is 4. The van der Waals surface area contributed by atoms with E-state index in [0.29, 0.717) is 6.54 Å². The molecule has 23 heavy (non-hydrogen) atoms. The van der Waals surface area contributed by atoms with Crippen molar-refractivity contribution in [1.82, 2.24) is 14.8 Å². The number of fused-ring (bicyclic) bond motifs is 1. The smallest absolute Gasteiger partial charge is 0.179 e. The van der Waals surface area contributed by atoms with Crippen molar-refractivity contribution in [3.8, 4) is 0 Å². The van der Waals surface area contributed by atoms with E-state index < -0.39 is 0 Å². The zero-order valence-corrected chi connectivity index (χ0v) is 13.9. The highest BCUT2D eigenvalue weighted by atomic mass is 16.3. The van der Waals surface area contributed by atoms with Crippen LogP contribution in [-0.2, 0) is 0 Å². The van der Waals surface area contributed by atoms with Gasteiger partial charge >= 0.3 is 0 Å². The summed E-state index contributed by atoms with van der Waals surface area (Å²) in [6, 6.07) is 6.19. The third kappa shape index (κ3) is 3.47. The Balaban J connectivity index is 1.71. The molecule has 1 aromatic heterocycles. The molecule has 2 aromatic rings. The van der Waals surface area contributed by atoms with Crippen molar-refractivity contribution in [3.63, 3.8) is 0 Å². The third-order valence-electron chi connectivity index (χ3n) is 4.67. The van der Waals surface area contributed by atoms with E-state index in [1.807, 2.05) is 13.0 Å². The van der Waals surface area contributed by atoms with Crippen LogP contribution in [0.1, 0.15) is 21.6 Å². The molecule has 0 aliphatic carbocycles. The summed E-state index contributed by atoms with van der Waals surface area (Å²) in [6.07, 6.45) is 0. The number of carbonyl (C=O) groups is 1. The topological polar surface area (TPSA) is 59.6 Å². The van der Waals surface area contributed by atoms with Gasteiger partial charge in [-0.2, -0.15) is 0 Å². The van der Waals surface area contributed by atoms with Gasteiger partial charge in [0.2, 0.25) is 0 Å². The van der Waals surface area contributed by atoms with Crippen molar-refractivity contribution >= 4 is 16.7 Å². The molecule has 3 rings (SSSR count). The minimum atomic E-state index is 0.188. The van der Waals surface area contributed by atoms with Crippen LogP contribution in [0.2, 0.25) is 0 Å². The van der Waals surface area contributed by atoms with Gasteiger partial charge in [0.05, 0.1) is 13.2 Å². The van der Waals surface area contributed by atoms with Crippen molar-refractivity contribution in [2.24, 2.45) is 0 Å². The van der Waals surface area contributed by atoms with Gasteiger partial charge < -0.3 is 10.1 Å². The first-order valence-corrected chi connectivity index (χ1v) is 8.26. The van der Waals surface area contributed by atoms with Crippen LogP contribution < -0.4 is 0 Å². The second-order valence-corrected chi connectivity index (χ2v) is 6.44. The number of aryl methyl sites for hydroxylation is 2. The van der Waals surface area contributed by atoms with E-state index in [-0.39, 0.29) is 12.4 Å². The Hall–Kier alpha value is -1.69. The molecular weight excluding hydrogens is 290 g/mol. The number of hydrogen-bond donors (Lipinski definition) is 2. The Bertz CT molecular complexity index is 700. The van der Waals surface area contributed by atoms with E-state index in [2.05, 4.69) is 33.8 Å². The molecule has 0 unspecified atom stereocenters. The zero-order chi connectivity index (χ0) is 16.4. The van der Waals surface area contributed by atoms with Crippen LogP contribution in [0.25, 0.3) is 10.9 Å². The van der Waals surface area contributed by atoms with Gasteiger partial charge in [-0.1, -0.05) is 12.1 Å². The summed E-state index contributed by atoms with van der Waals surface area (Å²) in [7, 11) is 0. The summed E-state index contributed by atoms with van der Waals surface area (Å²) in [5, 5.41) is 10.0. The lowest BCUT2D eigenvalue weighted by atomic mass is 10.0.